The molecular formula is C17H17NO2. The SMILES string of the molecule is CO/N=C(\C)c1ccccc1C(=O)c1ccccc1C. The van der Waals surface area contributed by atoms with Crippen LogP contribution in [0.3, 0.4) is 0 Å². The highest BCUT2D eigenvalue weighted by Crippen LogP contribution is 2.18. The highest BCUT2D eigenvalue weighted by Gasteiger charge is 2.16. The van der Waals surface area contributed by atoms with Crippen LogP contribution in [-0.2, 0) is 4.84 Å². The molecule has 0 heterocycles. The van der Waals surface area contributed by atoms with Crippen LogP contribution in [0.2, 0.25) is 0 Å². The number of carbonyl (C=O) groups is 1. The Labute approximate surface area is 118 Å². The van der Waals surface area contributed by atoms with Gasteiger partial charge in [0, 0.05) is 16.7 Å². The van der Waals surface area contributed by atoms with Crippen molar-refractivity contribution < 1.29 is 9.63 Å². The summed E-state index contributed by atoms with van der Waals surface area (Å²) in [4.78, 5) is 17.5. The zero-order valence-corrected chi connectivity index (χ0v) is 11.9. The summed E-state index contributed by atoms with van der Waals surface area (Å²) in [6.07, 6.45) is 0. The molecule has 0 unspecified atom stereocenters. The molecule has 0 aliphatic carbocycles. The van der Waals surface area contributed by atoms with Crippen molar-refractivity contribution in [3.63, 3.8) is 0 Å². The normalized spacial score (nSPS) is 11.2. The third kappa shape index (κ3) is 2.77. The Hall–Kier alpha value is -2.42. The van der Waals surface area contributed by atoms with Crippen LogP contribution in [0.1, 0.15) is 34.0 Å². The Kier molecular flexibility index (Phi) is 4.31. The number of hydrogen-bond donors (Lipinski definition) is 0. The fourth-order valence-electron chi connectivity index (χ4n) is 2.16. The van der Waals surface area contributed by atoms with Crippen molar-refractivity contribution in [3.8, 4) is 0 Å². The van der Waals surface area contributed by atoms with Gasteiger partial charge in [-0.3, -0.25) is 4.79 Å². The number of hydrogen-bond acceptors (Lipinski definition) is 3. The summed E-state index contributed by atoms with van der Waals surface area (Å²) in [6, 6.07) is 15.0. The van der Waals surface area contributed by atoms with Crippen molar-refractivity contribution >= 4 is 11.5 Å². The molecule has 2 rings (SSSR count). The van der Waals surface area contributed by atoms with Gasteiger partial charge in [0.25, 0.3) is 0 Å². The molecule has 0 saturated carbocycles. The number of benzene rings is 2. The second-order valence-corrected chi connectivity index (χ2v) is 4.55. The lowest BCUT2D eigenvalue weighted by Gasteiger charge is -2.09. The lowest BCUT2D eigenvalue weighted by Crippen LogP contribution is -2.10. The molecule has 0 aliphatic rings. The van der Waals surface area contributed by atoms with Gasteiger partial charge in [0.15, 0.2) is 5.78 Å². The molecule has 0 fully saturated rings. The molecule has 0 bridgehead atoms. The van der Waals surface area contributed by atoms with E-state index in [9.17, 15) is 4.79 Å². The molecular weight excluding hydrogens is 250 g/mol. The summed E-state index contributed by atoms with van der Waals surface area (Å²) in [5.41, 5.74) is 3.80. The number of nitrogens with zero attached hydrogens (tertiary/aromatic N) is 1. The predicted octanol–water partition coefficient (Wildman–Crippen LogP) is 3.60. The van der Waals surface area contributed by atoms with E-state index in [-0.39, 0.29) is 5.78 Å². The molecule has 2 aromatic carbocycles. The number of oxime groups is 1. The fourth-order valence-corrected chi connectivity index (χ4v) is 2.16. The Morgan fingerprint density at radius 1 is 0.950 bits per heavy atom. The van der Waals surface area contributed by atoms with Gasteiger partial charge in [-0.05, 0) is 19.4 Å². The van der Waals surface area contributed by atoms with Crippen molar-refractivity contribution in [2.45, 2.75) is 13.8 Å². The van der Waals surface area contributed by atoms with E-state index >= 15 is 0 Å². The van der Waals surface area contributed by atoms with E-state index in [4.69, 9.17) is 4.84 Å². The van der Waals surface area contributed by atoms with Crippen molar-refractivity contribution in [1.29, 1.82) is 0 Å². The van der Waals surface area contributed by atoms with Gasteiger partial charge in [0.05, 0.1) is 5.71 Å². The molecule has 0 N–H and O–H groups in total. The third-order valence-corrected chi connectivity index (χ3v) is 3.18. The van der Waals surface area contributed by atoms with Crippen LogP contribution < -0.4 is 0 Å². The van der Waals surface area contributed by atoms with Gasteiger partial charge in [-0.1, -0.05) is 53.7 Å². The van der Waals surface area contributed by atoms with Crippen LogP contribution in [0.5, 0.6) is 0 Å². The molecule has 0 aliphatic heterocycles. The Bertz CT molecular complexity index is 660. The van der Waals surface area contributed by atoms with Crippen LogP contribution in [-0.4, -0.2) is 18.6 Å². The Morgan fingerprint density at radius 3 is 2.10 bits per heavy atom. The first kappa shape index (κ1) is 14.0. The minimum atomic E-state index is 0.00403. The lowest BCUT2D eigenvalue weighted by atomic mass is 9.94. The summed E-state index contributed by atoms with van der Waals surface area (Å²) in [5.74, 6) is 0.00403. The molecule has 0 atom stereocenters. The van der Waals surface area contributed by atoms with Crippen molar-refractivity contribution in [3.05, 3.63) is 70.8 Å². The average Bonchev–Trinajstić information content (AvgIpc) is 2.47. The lowest BCUT2D eigenvalue weighted by molar-refractivity contribution is 0.103. The topological polar surface area (TPSA) is 38.7 Å². The quantitative estimate of drug-likeness (QED) is 0.482. The monoisotopic (exact) mass is 267 g/mol. The molecule has 0 spiro atoms. The largest absolute Gasteiger partial charge is 0.399 e. The number of carbonyl (C=O) groups excluding carboxylic acids is 1. The first-order valence-corrected chi connectivity index (χ1v) is 6.42. The van der Waals surface area contributed by atoms with Gasteiger partial charge < -0.3 is 4.84 Å². The van der Waals surface area contributed by atoms with E-state index in [1.54, 1.807) is 0 Å². The maximum Gasteiger partial charge on any atom is 0.193 e. The van der Waals surface area contributed by atoms with Crippen LogP contribution in [0.15, 0.2) is 53.7 Å². The number of rotatable bonds is 4. The van der Waals surface area contributed by atoms with Crippen molar-refractivity contribution in [2.75, 3.05) is 7.11 Å². The smallest absolute Gasteiger partial charge is 0.193 e. The summed E-state index contributed by atoms with van der Waals surface area (Å²) in [5, 5.41) is 3.92. The summed E-state index contributed by atoms with van der Waals surface area (Å²) < 4.78 is 0. The van der Waals surface area contributed by atoms with E-state index in [2.05, 4.69) is 5.16 Å². The van der Waals surface area contributed by atoms with E-state index < -0.39 is 0 Å². The Balaban J connectivity index is 2.51. The minimum Gasteiger partial charge on any atom is -0.399 e. The van der Waals surface area contributed by atoms with Crippen LogP contribution in [0.4, 0.5) is 0 Å². The molecule has 0 saturated heterocycles. The molecule has 0 amide bonds. The van der Waals surface area contributed by atoms with Gasteiger partial charge in [-0.15, -0.1) is 0 Å². The average molecular weight is 267 g/mol. The molecule has 102 valence electrons. The zero-order chi connectivity index (χ0) is 14.5. The highest BCUT2D eigenvalue weighted by molar-refractivity contribution is 6.16. The van der Waals surface area contributed by atoms with Gasteiger partial charge in [-0.2, -0.15) is 0 Å². The number of aryl methyl sites for hydroxylation is 1. The molecule has 20 heavy (non-hydrogen) atoms. The van der Waals surface area contributed by atoms with Gasteiger partial charge in [0.1, 0.15) is 7.11 Å². The maximum absolute atomic E-state index is 12.7. The predicted molar refractivity (Wildman–Crippen MR) is 80.3 cm³/mol. The minimum absolute atomic E-state index is 0.00403. The molecule has 0 radical (unpaired) electrons. The second-order valence-electron chi connectivity index (χ2n) is 4.55. The second kappa shape index (κ2) is 6.15. The first-order chi connectivity index (χ1) is 9.65. The van der Waals surface area contributed by atoms with E-state index in [1.165, 1.54) is 7.11 Å². The molecule has 0 aromatic heterocycles. The van der Waals surface area contributed by atoms with Gasteiger partial charge >= 0.3 is 0 Å². The van der Waals surface area contributed by atoms with E-state index in [0.717, 1.165) is 11.1 Å². The molecule has 3 nitrogen and oxygen atoms in total. The van der Waals surface area contributed by atoms with Crippen LogP contribution in [0.25, 0.3) is 0 Å². The van der Waals surface area contributed by atoms with Gasteiger partial charge in [0.2, 0.25) is 0 Å². The fraction of sp³-hybridized carbons (Fsp3) is 0.176. The first-order valence-electron chi connectivity index (χ1n) is 6.42. The van der Waals surface area contributed by atoms with Crippen LogP contribution >= 0.6 is 0 Å². The van der Waals surface area contributed by atoms with E-state index in [0.29, 0.717) is 16.8 Å². The molecule has 3 heteroatoms. The Morgan fingerprint density at radius 2 is 1.50 bits per heavy atom. The highest BCUT2D eigenvalue weighted by atomic mass is 16.6. The summed E-state index contributed by atoms with van der Waals surface area (Å²) >= 11 is 0. The zero-order valence-electron chi connectivity index (χ0n) is 11.9. The summed E-state index contributed by atoms with van der Waals surface area (Å²) in [6.45, 7) is 3.76. The van der Waals surface area contributed by atoms with Gasteiger partial charge in [-0.25, -0.2) is 0 Å². The van der Waals surface area contributed by atoms with E-state index in [1.807, 2.05) is 62.4 Å². The number of ketones is 1. The maximum atomic E-state index is 12.7. The summed E-state index contributed by atoms with van der Waals surface area (Å²) in [7, 11) is 1.50. The van der Waals surface area contributed by atoms with Crippen molar-refractivity contribution in [1.82, 2.24) is 0 Å². The molecule has 2 aromatic rings. The van der Waals surface area contributed by atoms with Crippen LogP contribution in [0, 0.1) is 6.92 Å². The standard InChI is InChI=1S/C17H17NO2/c1-12-8-4-5-9-14(12)17(19)16-11-7-6-10-15(16)13(2)18-20-3/h4-11H,1-3H3/b18-13+. The third-order valence-electron chi connectivity index (χ3n) is 3.18. The van der Waals surface area contributed by atoms with Crippen molar-refractivity contribution in [2.24, 2.45) is 5.16 Å².